The normalized spacial score (nSPS) is 16.1. The fourth-order valence-electron chi connectivity index (χ4n) is 3.86. The van der Waals surface area contributed by atoms with E-state index in [-0.39, 0.29) is 42.7 Å². The van der Waals surface area contributed by atoms with E-state index >= 15 is 0 Å². The number of rotatable bonds is 4. The van der Waals surface area contributed by atoms with E-state index in [1.54, 1.807) is 36.4 Å². The topological polar surface area (TPSA) is 77.5 Å². The lowest BCUT2D eigenvalue weighted by Crippen LogP contribution is -2.35. The quantitative estimate of drug-likeness (QED) is 0.292. The molecular weight excluding hydrogens is 617 g/mol. The summed E-state index contributed by atoms with van der Waals surface area (Å²) in [6.45, 7) is 0.786. The number of carbonyl (C=O) groups excluding carboxylic acids is 2. The van der Waals surface area contributed by atoms with Crippen LogP contribution in [0.3, 0.4) is 0 Å². The van der Waals surface area contributed by atoms with E-state index < -0.39 is 5.97 Å². The van der Waals surface area contributed by atoms with Crippen LogP contribution in [0.5, 0.6) is 0 Å². The summed E-state index contributed by atoms with van der Waals surface area (Å²) in [6.07, 6.45) is 3.05. The number of benzene rings is 2. The fraction of sp³-hybridized carbons (Fsp3) is 0.269. The molecule has 0 bridgehead atoms. The Balaban J connectivity index is 0.000000361. The zero-order valence-electron chi connectivity index (χ0n) is 20.4. The molecule has 206 valence electrons. The molecule has 2 heterocycles. The third kappa shape index (κ3) is 9.76. The highest BCUT2D eigenvalue weighted by Crippen LogP contribution is 2.31. The minimum Gasteiger partial charge on any atom is -0.469 e. The molecule has 0 amide bonds. The van der Waals surface area contributed by atoms with Gasteiger partial charge in [0.15, 0.2) is 0 Å². The van der Waals surface area contributed by atoms with Crippen LogP contribution in [0.15, 0.2) is 54.7 Å². The highest BCUT2D eigenvalue weighted by atomic mass is 35.5. The van der Waals surface area contributed by atoms with Crippen LogP contribution in [0.4, 0.5) is 0 Å². The van der Waals surface area contributed by atoms with Crippen LogP contribution in [0, 0.1) is 5.92 Å². The van der Waals surface area contributed by atoms with E-state index in [9.17, 15) is 9.59 Å². The molecule has 4 rings (SSSR count). The van der Waals surface area contributed by atoms with Gasteiger partial charge in [0, 0.05) is 37.9 Å². The monoisotopic (exact) mass is 640 g/mol. The molecule has 1 aliphatic heterocycles. The Kier molecular flexibility index (Phi) is 14.7. The zero-order valence-corrected chi connectivity index (χ0v) is 25.0. The second kappa shape index (κ2) is 16.4. The SMILES string of the molecule is COC(=O)C1CCNC(c2cc(Cl)cc(Cl)c2)C1.COC(=O)c1ccnc(-c2cc(Cl)cc(Cl)c2)c1.Cl.Cl. The predicted octanol–water partition coefficient (Wildman–Crippen LogP) is 7.89. The first-order chi connectivity index (χ1) is 17.2. The summed E-state index contributed by atoms with van der Waals surface area (Å²) < 4.78 is 9.46. The van der Waals surface area contributed by atoms with Crippen LogP contribution in [-0.2, 0) is 14.3 Å². The molecular formula is C26H26Cl6N2O4. The summed E-state index contributed by atoms with van der Waals surface area (Å²) >= 11 is 23.8. The Hall–Kier alpha value is -1.77. The van der Waals surface area contributed by atoms with E-state index in [1.807, 2.05) is 12.1 Å². The van der Waals surface area contributed by atoms with Crippen LogP contribution in [0.2, 0.25) is 20.1 Å². The average molecular weight is 643 g/mol. The maximum absolute atomic E-state index is 11.6. The first kappa shape index (κ1) is 34.3. The lowest BCUT2D eigenvalue weighted by atomic mass is 9.89. The van der Waals surface area contributed by atoms with E-state index in [0.717, 1.165) is 24.1 Å². The van der Waals surface area contributed by atoms with Crippen molar-refractivity contribution in [1.82, 2.24) is 10.3 Å². The summed E-state index contributed by atoms with van der Waals surface area (Å²) in [6, 6.07) is 13.9. The van der Waals surface area contributed by atoms with E-state index in [0.29, 0.717) is 37.8 Å². The highest BCUT2D eigenvalue weighted by Gasteiger charge is 2.28. The van der Waals surface area contributed by atoms with Crippen molar-refractivity contribution in [3.63, 3.8) is 0 Å². The third-order valence-corrected chi connectivity index (χ3v) is 6.44. The number of pyridine rings is 1. The minimum absolute atomic E-state index is 0. The number of halogens is 6. The molecule has 1 saturated heterocycles. The third-order valence-electron chi connectivity index (χ3n) is 5.56. The number of hydrogen-bond donors (Lipinski definition) is 1. The average Bonchev–Trinajstić information content (AvgIpc) is 2.87. The van der Waals surface area contributed by atoms with Gasteiger partial charge in [0.1, 0.15) is 0 Å². The van der Waals surface area contributed by atoms with Crippen LogP contribution in [-0.4, -0.2) is 37.7 Å². The lowest BCUT2D eigenvalue weighted by Gasteiger charge is -2.29. The smallest absolute Gasteiger partial charge is 0.337 e. The minimum atomic E-state index is -0.410. The molecule has 1 aromatic heterocycles. The number of methoxy groups -OCH3 is 2. The van der Waals surface area contributed by atoms with Crippen LogP contribution in [0.1, 0.15) is 34.8 Å². The van der Waals surface area contributed by atoms with Gasteiger partial charge in [-0.3, -0.25) is 9.78 Å². The summed E-state index contributed by atoms with van der Waals surface area (Å²) in [5.74, 6) is -0.611. The molecule has 2 unspecified atom stereocenters. The molecule has 1 fully saturated rings. The summed E-state index contributed by atoms with van der Waals surface area (Å²) in [5.41, 5.74) is 2.81. The fourth-order valence-corrected chi connectivity index (χ4v) is 4.93. The molecule has 38 heavy (non-hydrogen) atoms. The molecule has 0 aliphatic carbocycles. The van der Waals surface area contributed by atoms with E-state index in [4.69, 9.17) is 51.1 Å². The van der Waals surface area contributed by atoms with Crippen LogP contribution in [0.25, 0.3) is 11.3 Å². The molecule has 3 aromatic rings. The zero-order chi connectivity index (χ0) is 26.2. The number of carbonyl (C=O) groups is 2. The van der Waals surface area contributed by atoms with Crippen molar-refractivity contribution in [2.45, 2.75) is 18.9 Å². The van der Waals surface area contributed by atoms with Crippen molar-refractivity contribution in [2.75, 3.05) is 20.8 Å². The van der Waals surface area contributed by atoms with E-state index in [1.165, 1.54) is 20.4 Å². The van der Waals surface area contributed by atoms with Gasteiger partial charge >= 0.3 is 11.9 Å². The van der Waals surface area contributed by atoms with Gasteiger partial charge in [0.25, 0.3) is 0 Å². The summed E-state index contributed by atoms with van der Waals surface area (Å²) in [5, 5.41) is 5.63. The molecule has 12 heteroatoms. The maximum Gasteiger partial charge on any atom is 0.337 e. The molecule has 1 N–H and O–H groups in total. The Morgan fingerprint density at radius 3 is 2.00 bits per heavy atom. The van der Waals surface area contributed by atoms with Gasteiger partial charge in [0.2, 0.25) is 0 Å². The van der Waals surface area contributed by atoms with Gasteiger partial charge in [-0.1, -0.05) is 46.4 Å². The molecule has 1 aliphatic rings. The van der Waals surface area contributed by atoms with Gasteiger partial charge in [-0.05, 0) is 73.5 Å². The molecule has 2 aromatic carbocycles. The number of nitrogens with zero attached hydrogens (tertiary/aromatic N) is 1. The van der Waals surface area contributed by atoms with Gasteiger partial charge < -0.3 is 14.8 Å². The Morgan fingerprint density at radius 1 is 0.868 bits per heavy atom. The van der Waals surface area contributed by atoms with Gasteiger partial charge in [-0.15, -0.1) is 24.8 Å². The van der Waals surface area contributed by atoms with E-state index in [2.05, 4.69) is 15.0 Å². The number of ether oxygens (including phenoxy) is 2. The molecule has 0 radical (unpaired) electrons. The van der Waals surface area contributed by atoms with Crippen molar-refractivity contribution in [3.8, 4) is 11.3 Å². The Labute approximate surface area is 254 Å². The molecule has 0 spiro atoms. The Morgan fingerprint density at radius 2 is 1.45 bits per heavy atom. The first-order valence-corrected chi connectivity index (χ1v) is 12.5. The first-order valence-electron chi connectivity index (χ1n) is 11.0. The van der Waals surface area contributed by atoms with Crippen molar-refractivity contribution in [2.24, 2.45) is 5.92 Å². The Bertz CT molecular complexity index is 1200. The predicted molar refractivity (Wildman–Crippen MR) is 157 cm³/mol. The molecule has 6 nitrogen and oxygen atoms in total. The van der Waals surface area contributed by atoms with Crippen molar-refractivity contribution in [1.29, 1.82) is 0 Å². The van der Waals surface area contributed by atoms with Gasteiger partial charge in [-0.2, -0.15) is 0 Å². The number of esters is 2. The van der Waals surface area contributed by atoms with Crippen molar-refractivity contribution in [3.05, 3.63) is 85.9 Å². The maximum atomic E-state index is 11.6. The number of piperidine rings is 1. The number of nitrogens with one attached hydrogen (secondary N) is 1. The molecule has 2 atom stereocenters. The van der Waals surface area contributed by atoms with Crippen LogP contribution >= 0.6 is 71.2 Å². The largest absolute Gasteiger partial charge is 0.469 e. The molecule has 0 saturated carbocycles. The van der Waals surface area contributed by atoms with Crippen molar-refractivity contribution < 1.29 is 19.1 Å². The number of aromatic nitrogens is 1. The number of hydrogen-bond acceptors (Lipinski definition) is 6. The second-order valence-electron chi connectivity index (χ2n) is 8.03. The van der Waals surface area contributed by atoms with Gasteiger partial charge in [0.05, 0.1) is 31.4 Å². The highest BCUT2D eigenvalue weighted by molar-refractivity contribution is 6.35. The second-order valence-corrected chi connectivity index (χ2v) is 9.78. The van der Waals surface area contributed by atoms with Crippen molar-refractivity contribution >= 4 is 83.2 Å². The van der Waals surface area contributed by atoms with Gasteiger partial charge in [-0.25, -0.2) is 4.79 Å². The van der Waals surface area contributed by atoms with Crippen LogP contribution < -0.4 is 5.32 Å². The standard InChI is InChI=1S/C13H15Cl2NO2.C13H9Cl2NO2.2ClH/c2*1-18-13(17)8-2-3-16-12(6-8)9-4-10(14)7-11(15)5-9;;/h4-5,7-8,12,16H,2-3,6H2,1H3;2-7H,1H3;2*1H. The summed E-state index contributed by atoms with van der Waals surface area (Å²) in [4.78, 5) is 27.2. The lowest BCUT2D eigenvalue weighted by molar-refractivity contribution is -0.146. The summed E-state index contributed by atoms with van der Waals surface area (Å²) in [7, 11) is 2.76.